The van der Waals surface area contributed by atoms with E-state index >= 15 is 0 Å². The third kappa shape index (κ3) is 3.30. The molecule has 0 saturated carbocycles. The summed E-state index contributed by atoms with van der Waals surface area (Å²) in [4.78, 5) is 10.7. The normalized spacial score (nSPS) is 13.2. The lowest BCUT2D eigenvalue weighted by molar-refractivity contribution is -0.114. The molecule has 0 aliphatic rings. The second kappa shape index (κ2) is 4.60. The standard InChI is InChI=1S/C9H11NO5S/c1-6(11)10-8-4-2-7(3-5-8)9(12)16(13,14)15/h2-5,9,12H,1H3,(H,10,11)(H,13,14,15). The minimum atomic E-state index is -4.52. The first-order chi connectivity index (χ1) is 7.30. The Morgan fingerprint density at radius 3 is 2.19 bits per heavy atom. The maximum atomic E-state index is 10.7. The Morgan fingerprint density at radius 1 is 1.31 bits per heavy atom. The summed E-state index contributed by atoms with van der Waals surface area (Å²) in [5.74, 6) is -0.261. The number of benzene rings is 1. The molecule has 88 valence electrons. The second-order valence-corrected chi connectivity index (χ2v) is 4.65. The molecule has 3 N–H and O–H groups in total. The van der Waals surface area contributed by atoms with E-state index in [0.717, 1.165) is 0 Å². The number of hydrogen-bond acceptors (Lipinski definition) is 4. The maximum absolute atomic E-state index is 10.7. The second-order valence-electron chi connectivity index (χ2n) is 3.17. The SMILES string of the molecule is CC(=O)Nc1ccc(C(O)S(=O)(=O)O)cc1. The molecular weight excluding hydrogens is 234 g/mol. The van der Waals surface area contributed by atoms with Gasteiger partial charge < -0.3 is 10.4 Å². The number of carbonyl (C=O) groups is 1. The Labute approximate surface area is 92.7 Å². The molecule has 6 nitrogen and oxygen atoms in total. The first-order valence-electron chi connectivity index (χ1n) is 4.32. The van der Waals surface area contributed by atoms with Crippen LogP contribution >= 0.6 is 0 Å². The van der Waals surface area contributed by atoms with E-state index in [-0.39, 0.29) is 11.5 Å². The molecule has 0 aliphatic carbocycles. The third-order valence-corrected chi connectivity index (χ3v) is 2.63. The Kier molecular flexibility index (Phi) is 3.63. The Hall–Kier alpha value is -1.44. The van der Waals surface area contributed by atoms with Gasteiger partial charge in [0.2, 0.25) is 11.3 Å². The minimum absolute atomic E-state index is 0.0246. The van der Waals surface area contributed by atoms with Gasteiger partial charge in [0.25, 0.3) is 10.1 Å². The number of rotatable bonds is 3. The van der Waals surface area contributed by atoms with Crippen molar-refractivity contribution in [2.24, 2.45) is 0 Å². The molecule has 0 spiro atoms. The van der Waals surface area contributed by atoms with Crippen molar-refractivity contribution in [2.45, 2.75) is 12.4 Å². The first-order valence-corrected chi connectivity index (χ1v) is 5.83. The van der Waals surface area contributed by atoms with Crippen LogP contribution in [0.5, 0.6) is 0 Å². The summed E-state index contributed by atoms with van der Waals surface area (Å²) < 4.78 is 29.9. The van der Waals surface area contributed by atoms with E-state index < -0.39 is 15.6 Å². The minimum Gasteiger partial charge on any atom is -0.371 e. The largest absolute Gasteiger partial charge is 0.371 e. The molecule has 0 bridgehead atoms. The molecule has 0 aromatic heterocycles. The van der Waals surface area contributed by atoms with Crippen molar-refractivity contribution in [1.82, 2.24) is 0 Å². The fraction of sp³-hybridized carbons (Fsp3) is 0.222. The lowest BCUT2D eigenvalue weighted by atomic mass is 10.2. The van der Waals surface area contributed by atoms with E-state index in [0.29, 0.717) is 5.69 Å². The van der Waals surface area contributed by atoms with Crippen LogP contribution in [-0.4, -0.2) is 24.0 Å². The number of nitrogens with one attached hydrogen (secondary N) is 1. The van der Waals surface area contributed by atoms with Gasteiger partial charge in [0.1, 0.15) is 0 Å². The summed E-state index contributed by atoms with van der Waals surface area (Å²) in [6, 6.07) is 5.43. The fourth-order valence-corrected chi connectivity index (χ4v) is 1.61. The number of anilines is 1. The number of amides is 1. The average Bonchev–Trinajstić information content (AvgIpc) is 2.15. The molecule has 0 fully saturated rings. The monoisotopic (exact) mass is 245 g/mol. The van der Waals surface area contributed by atoms with Gasteiger partial charge in [-0.05, 0) is 17.7 Å². The lowest BCUT2D eigenvalue weighted by Gasteiger charge is -2.08. The lowest BCUT2D eigenvalue weighted by Crippen LogP contribution is -2.11. The van der Waals surface area contributed by atoms with E-state index in [1.165, 1.54) is 31.2 Å². The van der Waals surface area contributed by atoms with Crippen LogP contribution in [0.25, 0.3) is 0 Å². The molecule has 0 aliphatic heterocycles. The van der Waals surface area contributed by atoms with Crippen LogP contribution in [0.3, 0.4) is 0 Å². The molecule has 1 unspecified atom stereocenters. The highest BCUT2D eigenvalue weighted by molar-refractivity contribution is 7.85. The molecule has 1 aromatic rings. The van der Waals surface area contributed by atoms with Crippen LogP contribution in [-0.2, 0) is 14.9 Å². The summed E-state index contributed by atoms with van der Waals surface area (Å²) >= 11 is 0. The van der Waals surface area contributed by atoms with Gasteiger partial charge in [-0.25, -0.2) is 0 Å². The smallest absolute Gasteiger partial charge is 0.296 e. The molecule has 0 saturated heterocycles. The highest BCUT2D eigenvalue weighted by atomic mass is 32.2. The maximum Gasteiger partial charge on any atom is 0.296 e. The van der Waals surface area contributed by atoms with Crippen molar-refractivity contribution in [1.29, 1.82) is 0 Å². The van der Waals surface area contributed by atoms with Gasteiger partial charge in [-0.15, -0.1) is 0 Å². The van der Waals surface area contributed by atoms with E-state index in [1.807, 2.05) is 0 Å². The summed E-state index contributed by atoms with van der Waals surface area (Å²) in [5.41, 5.74) is -1.48. The predicted octanol–water partition coefficient (Wildman–Crippen LogP) is 0.524. The van der Waals surface area contributed by atoms with Crippen molar-refractivity contribution in [3.05, 3.63) is 29.8 Å². The van der Waals surface area contributed by atoms with Crippen LogP contribution < -0.4 is 5.32 Å². The van der Waals surface area contributed by atoms with Gasteiger partial charge in [0, 0.05) is 12.6 Å². The number of carbonyl (C=O) groups excluding carboxylic acids is 1. The average molecular weight is 245 g/mol. The molecule has 0 radical (unpaired) electrons. The molecule has 1 atom stereocenters. The molecule has 7 heteroatoms. The van der Waals surface area contributed by atoms with Crippen LogP contribution in [0.15, 0.2) is 24.3 Å². The molecule has 0 heterocycles. The highest BCUT2D eigenvalue weighted by Gasteiger charge is 2.21. The Morgan fingerprint density at radius 2 is 1.81 bits per heavy atom. The van der Waals surface area contributed by atoms with Crippen LogP contribution in [0.4, 0.5) is 5.69 Å². The zero-order chi connectivity index (χ0) is 12.3. The molecule has 1 rings (SSSR count). The van der Waals surface area contributed by atoms with E-state index in [9.17, 15) is 18.3 Å². The van der Waals surface area contributed by atoms with E-state index in [4.69, 9.17) is 4.55 Å². The predicted molar refractivity (Wildman–Crippen MR) is 57.3 cm³/mol. The van der Waals surface area contributed by atoms with Gasteiger partial charge in [0.15, 0.2) is 0 Å². The molecule has 1 amide bonds. The molecule has 16 heavy (non-hydrogen) atoms. The van der Waals surface area contributed by atoms with E-state index in [2.05, 4.69) is 5.32 Å². The number of hydrogen-bond donors (Lipinski definition) is 3. The van der Waals surface area contributed by atoms with Gasteiger partial charge in [-0.1, -0.05) is 12.1 Å². The third-order valence-electron chi connectivity index (χ3n) is 1.80. The fourth-order valence-electron chi connectivity index (χ4n) is 1.11. The molecular formula is C9H11NO5S. The van der Waals surface area contributed by atoms with Crippen LogP contribution in [0.2, 0.25) is 0 Å². The van der Waals surface area contributed by atoms with Crippen molar-refractivity contribution in [3.63, 3.8) is 0 Å². The van der Waals surface area contributed by atoms with Gasteiger partial charge in [-0.3, -0.25) is 9.35 Å². The summed E-state index contributed by atoms with van der Waals surface area (Å²) in [7, 11) is -4.52. The van der Waals surface area contributed by atoms with Crippen molar-refractivity contribution >= 4 is 21.7 Å². The van der Waals surface area contributed by atoms with Gasteiger partial charge in [-0.2, -0.15) is 8.42 Å². The van der Waals surface area contributed by atoms with Gasteiger partial charge in [0.05, 0.1) is 0 Å². The first kappa shape index (κ1) is 12.6. The Balaban J connectivity index is 2.91. The van der Waals surface area contributed by atoms with Crippen LogP contribution in [0, 0.1) is 0 Å². The van der Waals surface area contributed by atoms with Gasteiger partial charge >= 0.3 is 0 Å². The molecule has 1 aromatic carbocycles. The van der Waals surface area contributed by atoms with Crippen LogP contribution in [0.1, 0.15) is 17.9 Å². The highest BCUT2D eigenvalue weighted by Crippen LogP contribution is 2.20. The zero-order valence-corrected chi connectivity index (χ0v) is 9.23. The van der Waals surface area contributed by atoms with Crippen molar-refractivity contribution < 1.29 is 22.9 Å². The number of aliphatic hydroxyl groups is 1. The summed E-state index contributed by atoms with van der Waals surface area (Å²) in [6.45, 7) is 1.33. The summed E-state index contributed by atoms with van der Waals surface area (Å²) in [6.07, 6.45) is 0. The number of aliphatic hydroxyl groups excluding tert-OH is 1. The van der Waals surface area contributed by atoms with Crippen molar-refractivity contribution in [2.75, 3.05) is 5.32 Å². The zero-order valence-electron chi connectivity index (χ0n) is 8.41. The van der Waals surface area contributed by atoms with Crippen molar-refractivity contribution in [3.8, 4) is 0 Å². The summed E-state index contributed by atoms with van der Waals surface area (Å²) in [5, 5.41) is 11.7. The topological polar surface area (TPSA) is 104 Å². The van der Waals surface area contributed by atoms with E-state index in [1.54, 1.807) is 0 Å². The quantitative estimate of drug-likeness (QED) is 0.674. The Bertz CT molecular complexity index is 479.